The van der Waals surface area contributed by atoms with Gasteiger partial charge in [0.25, 0.3) is 0 Å². The SMILES string of the molecule is C=C.CNC1CC=Cc2cc(C)ccc2C1C1CCNCC1. The monoisotopic (exact) mass is 298 g/mol. The molecule has 22 heavy (non-hydrogen) atoms. The van der Waals surface area contributed by atoms with E-state index >= 15 is 0 Å². The molecule has 2 unspecified atom stereocenters. The zero-order valence-electron chi connectivity index (χ0n) is 14.1. The van der Waals surface area contributed by atoms with E-state index < -0.39 is 0 Å². The lowest BCUT2D eigenvalue weighted by molar-refractivity contribution is 0.272. The van der Waals surface area contributed by atoms with Crippen LogP contribution in [0.25, 0.3) is 6.08 Å². The zero-order valence-corrected chi connectivity index (χ0v) is 14.1. The third-order valence-electron chi connectivity index (χ3n) is 4.98. The molecule has 0 spiro atoms. The van der Waals surface area contributed by atoms with Crippen LogP contribution in [-0.2, 0) is 0 Å². The summed E-state index contributed by atoms with van der Waals surface area (Å²) in [6.07, 6.45) is 8.42. The summed E-state index contributed by atoms with van der Waals surface area (Å²) in [4.78, 5) is 0. The van der Waals surface area contributed by atoms with Crippen LogP contribution in [0.5, 0.6) is 0 Å². The van der Waals surface area contributed by atoms with Crippen molar-refractivity contribution in [1.82, 2.24) is 10.6 Å². The smallest absolute Gasteiger partial charge is 0.0170 e. The normalized spacial score (nSPS) is 24.8. The first-order chi connectivity index (χ1) is 10.8. The Morgan fingerprint density at radius 1 is 1.18 bits per heavy atom. The van der Waals surface area contributed by atoms with Crippen molar-refractivity contribution >= 4 is 6.08 Å². The van der Waals surface area contributed by atoms with Crippen LogP contribution in [0, 0.1) is 12.8 Å². The van der Waals surface area contributed by atoms with Gasteiger partial charge in [-0.1, -0.05) is 35.9 Å². The van der Waals surface area contributed by atoms with Crippen molar-refractivity contribution in [3.8, 4) is 0 Å². The molecule has 1 aromatic rings. The topological polar surface area (TPSA) is 24.1 Å². The summed E-state index contributed by atoms with van der Waals surface area (Å²) < 4.78 is 0. The highest BCUT2D eigenvalue weighted by molar-refractivity contribution is 5.58. The van der Waals surface area contributed by atoms with Gasteiger partial charge in [0.1, 0.15) is 0 Å². The molecular weight excluding hydrogens is 268 g/mol. The van der Waals surface area contributed by atoms with Gasteiger partial charge in [0, 0.05) is 12.0 Å². The molecule has 1 fully saturated rings. The predicted molar refractivity (Wildman–Crippen MR) is 97.3 cm³/mol. The molecule has 0 bridgehead atoms. The minimum Gasteiger partial charge on any atom is -0.317 e. The molecule has 2 N–H and O–H groups in total. The third-order valence-corrected chi connectivity index (χ3v) is 4.98. The first-order valence-electron chi connectivity index (χ1n) is 8.44. The maximum atomic E-state index is 3.58. The van der Waals surface area contributed by atoms with E-state index in [1.807, 2.05) is 0 Å². The zero-order chi connectivity index (χ0) is 15.9. The van der Waals surface area contributed by atoms with Gasteiger partial charge in [-0.15, -0.1) is 13.2 Å². The molecule has 1 aromatic carbocycles. The second-order valence-corrected chi connectivity index (χ2v) is 6.28. The summed E-state index contributed by atoms with van der Waals surface area (Å²) in [5.74, 6) is 1.45. The molecule has 0 aromatic heterocycles. The Hall–Kier alpha value is -1.38. The number of hydrogen-bond donors (Lipinski definition) is 2. The first-order valence-corrected chi connectivity index (χ1v) is 8.44. The largest absolute Gasteiger partial charge is 0.317 e. The predicted octanol–water partition coefficient (Wildman–Crippen LogP) is 3.89. The minimum absolute atomic E-state index is 0.568. The Morgan fingerprint density at radius 3 is 2.59 bits per heavy atom. The Morgan fingerprint density at radius 2 is 1.91 bits per heavy atom. The van der Waals surface area contributed by atoms with E-state index in [9.17, 15) is 0 Å². The summed E-state index contributed by atoms with van der Waals surface area (Å²) in [6.45, 7) is 10.5. The highest BCUT2D eigenvalue weighted by atomic mass is 14.9. The molecule has 2 nitrogen and oxygen atoms in total. The molecule has 0 saturated carbocycles. The quantitative estimate of drug-likeness (QED) is 0.810. The van der Waals surface area contributed by atoms with Gasteiger partial charge in [0.15, 0.2) is 0 Å². The summed E-state index contributed by atoms with van der Waals surface area (Å²) in [6, 6.07) is 7.56. The van der Waals surface area contributed by atoms with Gasteiger partial charge in [0.05, 0.1) is 0 Å². The van der Waals surface area contributed by atoms with Crippen LogP contribution in [0.15, 0.2) is 37.4 Å². The number of rotatable bonds is 2. The van der Waals surface area contributed by atoms with Gasteiger partial charge in [-0.2, -0.15) is 0 Å². The molecule has 0 amide bonds. The average molecular weight is 298 g/mol. The Balaban J connectivity index is 0.000000847. The van der Waals surface area contributed by atoms with E-state index in [2.05, 4.69) is 68.1 Å². The van der Waals surface area contributed by atoms with Gasteiger partial charge < -0.3 is 10.6 Å². The molecular formula is C20H30N2. The lowest BCUT2D eigenvalue weighted by Crippen LogP contribution is -2.40. The van der Waals surface area contributed by atoms with Crippen molar-refractivity contribution in [3.05, 3.63) is 54.1 Å². The first kappa shape index (κ1) is 17.0. The number of aryl methyl sites for hydroxylation is 1. The molecule has 2 atom stereocenters. The molecule has 120 valence electrons. The summed E-state index contributed by atoms with van der Waals surface area (Å²) >= 11 is 0. The van der Waals surface area contributed by atoms with Crippen LogP contribution in [0.1, 0.15) is 41.9 Å². The molecule has 2 aliphatic rings. The van der Waals surface area contributed by atoms with Gasteiger partial charge in [-0.05, 0) is 63.4 Å². The highest BCUT2D eigenvalue weighted by Crippen LogP contribution is 2.39. The van der Waals surface area contributed by atoms with E-state index in [0.717, 1.165) is 12.3 Å². The standard InChI is InChI=1S/C18H26N2.C2H4/c1-13-6-7-16-15(12-13)4-3-5-17(19-2)18(16)14-8-10-20-11-9-14;1-2/h3-4,6-7,12,14,17-20H,5,8-11H2,1-2H3;1-2H2. The third kappa shape index (κ3) is 3.68. The molecule has 0 radical (unpaired) electrons. The van der Waals surface area contributed by atoms with Crippen molar-refractivity contribution in [2.45, 2.75) is 38.1 Å². The maximum absolute atomic E-state index is 3.58. The van der Waals surface area contributed by atoms with Crippen LogP contribution in [0.2, 0.25) is 0 Å². The van der Waals surface area contributed by atoms with Crippen molar-refractivity contribution < 1.29 is 0 Å². The number of likely N-dealkylation sites (N-methyl/N-ethyl adjacent to an activating group) is 1. The van der Waals surface area contributed by atoms with Crippen molar-refractivity contribution in [2.24, 2.45) is 5.92 Å². The molecule has 2 heteroatoms. The Kier molecular flexibility index (Phi) is 6.41. The number of piperidine rings is 1. The van der Waals surface area contributed by atoms with Gasteiger partial charge >= 0.3 is 0 Å². The van der Waals surface area contributed by atoms with Gasteiger partial charge in [-0.3, -0.25) is 0 Å². The second kappa shape index (κ2) is 8.30. The molecule has 3 rings (SSSR count). The second-order valence-electron chi connectivity index (χ2n) is 6.28. The van der Waals surface area contributed by atoms with Gasteiger partial charge in [0.2, 0.25) is 0 Å². The van der Waals surface area contributed by atoms with E-state index in [0.29, 0.717) is 12.0 Å². The van der Waals surface area contributed by atoms with Gasteiger partial charge in [-0.25, -0.2) is 0 Å². The van der Waals surface area contributed by atoms with Crippen LogP contribution in [0.4, 0.5) is 0 Å². The van der Waals surface area contributed by atoms with Crippen LogP contribution >= 0.6 is 0 Å². The number of hydrogen-bond acceptors (Lipinski definition) is 2. The van der Waals surface area contributed by atoms with Crippen molar-refractivity contribution in [1.29, 1.82) is 0 Å². The Labute approximate surface area is 135 Å². The fraction of sp³-hybridized carbons (Fsp3) is 0.500. The molecule has 1 saturated heterocycles. The van der Waals surface area contributed by atoms with Crippen LogP contribution in [-0.4, -0.2) is 26.2 Å². The maximum Gasteiger partial charge on any atom is 0.0170 e. The summed E-state index contributed by atoms with van der Waals surface area (Å²) in [7, 11) is 2.12. The molecule has 1 aliphatic carbocycles. The van der Waals surface area contributed by atoms with E-state index in [1.54, 1.807) is 5.56 Å². The number of nitrogens with one attached hydrogen (secondary N) is 2. The van der Waals surface area contributed by atoms with E-state index in [-0.39, 0.29) is 0 Å². The molecule has 1 aliphatic heterocycles. The fourth-order valence-corrected chi connectivity index (χ4v) is 3.93. The Bertz CT molecular complexity index is 500. The summed E-state index contributed by atoms with van der Waals surface area (Å²) in [5, 5.41) is 7.07. The van der Waals surface area contributed by atoms with Crippen molar-refractivity contribution in [3.63, 3.8) is 0 Å². The van der Waals surface area contributed by atoms with E-state index in [1.165, 1.54) is 37.1 Å². The summed E-state index contributed by atoms with van der Waals surface area (Å²) in [5.41, 5.74) is 4.35. The lowest BCUT2D eigenvalue weighted by atomic mass is 9.74. The average Bonchev–Trinajstić information content (AvgIpc) is 2.76. The highest BCUT2D eigenvalue weighted by Gasteiger charge is 2.32. The van der Waals surface area contributed by atoms with Crippen molar-refractivity contribution in [2.75, 3.05) is 20.1 Å². The lowest BCUT2D eigenvalue weighted by Gasteiger charge is -2.36. The number of benzene rings is 1. The fourth-order valence-electron chi connectivity index (χ4n) is 3.93. The van der Waals surface area contributed by atoms with Crippen LogP contribution in [0.3, 0.4) is 0 Å². The molecule has 1 heterocycles. The van der Waals surface area contributed by atoms with E-state index in [4.69, 9.17) is 0 Å². The minimum atomic E-state index is 0.568. The number of fused-ring (bicyclic) bond motifs is 1. The van der Waals surface area contributed by atoms with Crippen LogP contribution < -0.4 is 10.6 Å².